The van der Waals surface area contributed by atoms with Gasteiger partial charge in [0.05, 0.1) is 19.8 Å². The minimum atomic E-state index is -0.145. The van der Waals surface area contributed by atoms with E-state index < -0.39 is 0 Å². The van der Waals surface area contributed by atoms with Gasteiger partial charge in [0.2, 0.25) is 0 Å². The number of furan rings is 1. The zero-order valence-electron chi connectivity index (χ0n) is 18.5. The summed E-state index contributed by atoms with van der Waals surface area (Å²) in [6.45, 7) is 13.3. The minimum Gasteiger partial charge on any atom is -0.455 e. The predicted molar refractivity (Wildman–Crippen MR) is 118 cm³/mol. The van der Waals surface area contributed by atoms with Crippen molar-refractivity contribution in [3.63, 3.8) is 0 Å². The van der Waals surface area contributed by atoms with E-state index in [1.807, 2.05) is 12.1 Å². The Labute approximate surface area is 180 Å². The average molecular weight is 414 g/mol. The molecule has 164 valence electrons. The highest BCUT2D eigenvalue weighted by molar-refractivity contribution is 5.91. The van der Waals surface area contributed by atoms with Crippen molar-refractivity contribution in [1.29, 1.82) is 0 Å². The Morgan fingerprint density at radius 1 is 1.07 bits per heavy atom. The smallest absolute Gasteiger partial charge is 0.286 e. The Morgan fingerprint density at radius 3 is 2.50 bits per heavy atom. The SMILES string of the molecule is CC(C)(C)N(Cc1ccccc1)Cc1ccc(C(=O)NCCCN2CCOCC2)o1. The van der Waals surface area contributed by atoms with Crippen LogP contribution in [0.3, 0.4) is 0 Å². The number of hydrogen-bond acceptors (Lipinski definition) is 5. The number of rotatable bonds is 9. The molecule has 1 N–H and O–H groups in total. The van der Waals surface area contributed by atoms with Crippen molar-refractivity contribution in [1.82, 2.24) is 15.1 Å². The molecule has 2 heterocycles. The fraction of sp³-hybridized carbons (Fsp3) is 0.542. The number of nitrogens with one attached hydrogen (secondary N) is 1. The van der Waals surface area contributed by atoms with Crippen molar-refractivity contribution >= 4 is 5.91 Å². The van der Waals surface area contributed by atoms with Crippen LogP contribution >= 0.6 is 0 Å². The second-order valence-electron chi connectivity index (χ2n) is 8.84. The highest BCUT2D eigenvalue weighted by Gasteiger charge is 2.23. The topological polar surface area (TPSA) is 58.0 Å². The van der Waals surface area contributed by atoms with Gasteiger partial charge in [-0.3, -0.25) is 14.6 Å². The number of nitrogens with zero attached hydrogens (tertiary/aromatic N) is 2. The van der Waals surface area contributed by atoms with E-state index in [2.05, 4.69) is 60.2 Å². The van der Waals surface area contributed by atoms with E-state index in [9.17, 15) is 4.79 Å². The van der Waals surface area contributed by atoms with Crippen LogP contribution in [-0.4, -0.2) is 60.6 Å². The molecular weight excluding hydrogens is 378 g/mol. The van der Waals surface area contributed by atoms with Gasteiger partial charge in [-0.2, -0.15) is 0 Å². The molecule has 1 aromatic heterocycles. The second-order valence-corrected chi connectivity index (χ2v) is 8.84. The second kappa shape index (κ2) is 10.8. The first-order valence-corrected chi connectivity index (χ1v) is 10.9. The van der Waals surface area contributed by atoms with Crippen LogP contribution in [0.15, 0.2) is 46.9 Å². The molecule has 1 aliphatic heterocycles. The van der Waals surface area contributed by atoms with Crippen molar-refractivity contribution in [2.45, 2.75) is 45.8 Å². The Kier molecular flexibility index (Phi) is 8.08. The molecule has 0 unspecified atom stereocenters. The lowest BCUT2D eigenvalue weighted by Crippen LogP contribution is -2.40. The molecule has 1 fully saturated rings. The molecule has 0 spiro atoms. The van der Waals surface area contributed by atoms with Gasteiger partial charge >= 0.3 is 0 Å². The first-order valence-electron chi connectivity index (χ1n) is 10.9. The summed E-state index contributed by atoms with van der Waals surface area (Å²) < 4.78 is 11.2. The Bertz CT molecular complexity index is 776. The molecular formula is C24H35N3O3. The van der Waals surface area contributed by atoms with Crippen LogP contribution < -0.4 is 5.32 Å². The number of benzene rings is 1. The lowest BCUT2D eigenvalue weighted by molar-refractivity contribution is 0.0374. The van der Waals surface area contributed by atoms with Crippen LogP contribution in [0.4, 0.5) is 0 Å². The van der Waals surface area contributed by atoms with E-state index in [0.717, 1.165) is 51.6 Å². The maximum atomic E-state index is 12.4. The average Bonchev–Trinajstić information content (AvgIpc) is 3.20. The third kappa shape index (κ3) is 6.97. The van der Waals surface area contributed by atoms with E-state index >= 15 is 0 Å². The number of morpholine rings is 1. The fourth-order valence-corrected chi connectivity index (χ4v) is 3.52. The molecule has 0 atom stereocenters. The van der Waals surface area contributed by atoms with Crippen molar-refractivity contribution in [2.75, 3.05) is 39.4 Å². The summed E-state index contributed by atoms with van der Waals surface area (Å²) in [5, 5.41) is 2.97. The van der Waals surface area contributed by atoms with Gasteiger partial charge in [-0.1, -0.05) is 30.3 Å². The summed E-state index contributed by atoms with van der Waals surface area (Å²) in [6, 6.07) is 14.1. The van der Waals surface area contributed by atoms with Gasteiger partial charge in [0.15, 0.2) is 5.76 Å². The largest absolute Gasteiger partial charge is 0.455 e. The lowest BCUT2D eigenvalue weighted by atomic mass is 10.0. The molecule has 3 rings (SSSR count). The summed E-state index contributed by atoms with van der Waals surface area (Å²) in [4.78, 5) is 17.2. The molecule has 0 bridgehead atoms. The van der Waals surface area contributed by atoms with E-state index in [-0.39, 0.29) is 11.4 Å². The van der Waals surface area contributed by atoms with E-state index in [4.69, 9.17) is 9.15 Å². The third-order valence-electron chi connectivity index (χ3n) is 5.44. The molecule has 1 saturated heterocycles. The van der Waals surface area contributed by atoms with Gasteiger partial charge in [-0.25, -0.2) is 0 Å². The Morgan fingerprint density at radius 2 is 1.80 bits per heavy atom. The van der Waals surface area contributed by atoms with Gasteiger partial charge in [0.1, 0.15) is 5.76 Å². The highest BCUT2D eigenvalue weighted by Crippen LogP contribution is 2.21. The van der Waals surface area contributed by atoms with Crippen LogP contribution in [0.2, 0.25) is 0 Å². The van der Waals surface area contributed by atoms with E-state index in [0.29, 0.717) is 18.8 Å². The van der Waals surface area contributed by atoms with Gasteiger partial charge in [-0.15, -0.1) is 0 Å². The first kappa shape index (κ1) is 22.5. The molecule has 6 heteroatoms. The third-order valence-corrected chi connectivity index (χ3v) is 5.44. The Hall–Kier alpha value is -2.15. The molecule has 1 aromatic carbocycles. The van der Waals surface area contributed by atoms with Gasteiger partial charge in [0.25, 0.3) is 5.91 Å². The van der Waals surface area contributed by atoms with Gasteiger partial charge in [0, 0.05) is 31.7 Å². The summed E-state index contributed by atoms with van der Waals surface area (Å²) in [5.74, 6) is 1.04. The number of amides is 1. The minimum absolute atomic E-state index is 0.0233. The molecule has 0 aliphatic carbocycles. The monoisotopic (exact) mass is 413 g/mol. The van der Waals surface area contributed by atoms with Gasteiger partial charge in [-0.05, 0) is 51.4 Å². The number of carbonyl (C=O) groups is 1. The molecule has 30 heavy (non-hydrogen) atoms. The van der Waals surface area contributed by atoms with Crippen molar-refractivity contribution in [3.05, 3.63) is 59.5 Å². The number of carbonyl (C=O) groups excluding carboxylic acids is 1. The normalized spacial score (nSPS) is 15.5. The predicted octanol–water partition coefficient (Wildman–Crippen LogP) is 3.53. The summed E-state index contributed by atoms with van der Waals surface area (Å²) in [6.07, 6.45) is 0.925. The van der Waals surface area contributed by atoms with Crippen LogP contribution in [0.25, 0.3) is 0 Å². The molecule has 6 nitrogen and oxygen atoms in total. The quantitative estimate of drug-likeness (QED) is 0.638. The molecule has 0 saturated carbocycles. The molecule has 1 amide bonds. The van der Waals surface area contributed by atoms with E-state index in [1.165, 1.54) is 5.56 Å². The fourth-order valence-electron chi connectivity index (χ4n) is 3.52. The standard InChI is InChI=1S/C24H35N3O3/c1-24(2,3)27(18-20-8-5-4-6-9-20)19-21-10-11-22(30-21)23(28)25-12-7-13-26-14-16-29-17-15-26/h4-6,8-11H,7,12-19H2,1-3H3,(H,25,28). The highest BCUT2D eigenvalue weighted by atomic mass is 16.5. The maximum absolute atomic E-state index is 12.4. The number of hydrogen-bond donors (Lipinski definition) is 1. The van der Waals surface area contributed by atoms with Crippen LogP contribution in [0.5, 0.6) is 0 Å². The van der Waals surface area contributed by atoms with Crippen LogP contribution in [0, 0.1) is 0 Å². The van der Waals surface area contributed by atoms with Crippen LogP contribution in [-0.2, 0) is 17.8 Å². The lowest BCUT2D eigenvalue weighted by Gasteiger charge is -2.35. The van der Waals surface area contributed by atoms with Crippen molar-refractivity contribution in [2.24, 2.45) is 0 Å². The molecule has 1 aliphatic rings. The summed E-state index contributed by atoms with van der Waals surface area (Å²) >= 11 is 0. The van der Waals surface area contributed by atoms with Crippen molar-refractivity contribution < 1.29 is 13.9 Å². The molecule has 0 radical (unpaired) electrons. The summed E-state index contributed by atoms with van der Waals surface area (Å²) in [7, 11) is 0. The maximum Gasteiger partial charge on any atom is 0.286 e. The zero-order valence-corrected chi connectivity index (χ0v) is 18.5. The van der Waals surface area contributed by atoms with Crippen LogP contribution in [0.1, 0.15) is 49.1 Å². The molecule has 2 aromatic rings. The zero-order chi connectivity index (χ0) is 21.4. The number of ether oxygens (including phenoxy) is 1. The van der Waals surface area contributed by atoms with E-state index in [1.54, 1.807) is 6.07 Å². The van der Waals surface area contributed by atoms with Gasteiger partial charge < -0.3 is 14.5 Å². The van der Waals surface area contributed by atoms with Crippen molar-refractivity contribution in [3.8, 4) is 0 Å². The first-order chi connectivity index (χ1) is 14.4. The Balaban J connectivity index is 1.49. The summed E-state index contributed by atoms with van der Waals surface area (Å²) in [5.41, 5.74) is 1.24.